The number of methoxy groups -OCH3 is 2. The predicted molar refractivity (Wildman–Crippen MR) is 81.6 cm³/mol. The van der Waals surface area contributed by atoms with Crippen LogP contribution in [0.2, 0.25) is 0 Å². The molecular weight excluding hydrogens is 285 g/mol. The molecule has 1 spiro atoms. The fourth-order valence-electron chi connectivity index (χ4n) is 3.79. The monoisotopic (exact) mass is 309 g/mol. The highest BCUT2D eigenvalue weighted by Gasteiger charge is 2.47. The van der Waals surface area contributed by atoms with Crippen LogP contribution in [0.25, 0.3) is 0 Å². The molecule has 0 N–H and O–H groups in total. The Morgan fingerprint density at radius 3 is 2.95 bits per heavy atom. The van der Waals surface area contributed by atoms with Gasteiger partial charge in [0.25, 0.3) is 0 Å². The van der Waals surface area contributed by atoms with Crippen molar-refractivity contribution in [3.8, 4) is 5.75 Å². The van der Waals surface area contributed by atoms with E-state index in [0.717, 1.165) is 39.0 Å². The Morgan fingerprint density at radius 2 is 2.27 bits per heavy atom. The predicted octanol–water partition coefficient (Wildman–Crippen LogP) is 2.60. The molecule has 2 heterocycles. The van der Waals surface area contributed by atoms with Crippen LogP contribution in [-0.4, -0.2) is 50.5 Å². The summed E-state index contributed by atoms with van der Waals surface area (Å²) in [5, 5.41) is 0. The topological polar surface area (TPSA) is 30.9 Å². The Hall–Kier alpha value is -1.17. The van der Waals surface area contributed by atoms with Crippen LogP contribution in [-0.2, 0) is 16.0 Å². The molecule has 122 valence electrons. The fourth-order valence-corrected chi connectivity index (χ4v) is 3.79. The van der Waals surface area contributed by atoms with Crippen molar-refractivity contribution in [2.75, 3.05) is 33.9 Å². The SMILES string of the molecule is COc1cccc(F)c1CN1CC[C@H](OC)[C@]2(CCCO2)C1. The molecule has 22 heavy (non-hydrogen) atoms. The summed E-state index contributed by atoms with van der Waals surface area (Å²) in [6.45, 7) is 2.98. The van der Waals surface area contributed by atoms with Crippen molar-refractivity contribution < 1.29 is 18.6 Å². The Morgan fingerprint density at radius 1 is 1.41 bits per heavy atom. The second-order valence-corrected chi connectivity index (χ2v) is 6.16. The summed E-state index contributed by atoms with van der Waals surface area (Å²) < 4.78 is 31.1. The number of piperidine rings is 1. The fraction of sp³-hybridized carbons (Fsp3) is 0.647. The summed E-state index contributed by atoms with van der Waals surface area (Å²) in [5.74, 6) is 0.393. The molecule has 4 nitrogen and oxygen atoms in total. The molecule has 3 rings (SSSR count). The van der Waals surface area contributed by atoms with Crippen molar-refractivity contribution in [3.05, 3.63) is 29.6 Å². The normalized spacial score (nSPS) is 29.1. The van der Waals surface area contributed by atoms with Crippen LogP contribution in [0, 0.1) is 5.82 Å². The minimum absolute atomic E-state index is 0.133. The highest BCUT2D eigenvalue weighted by Crippen LogP contribution is 2.37. The first-order valence-corrected chi connectivity index (χ1v) is 7.89. The number of benzene rings is 1. The van der Waals surface area contributed by atoms with Crippen LogP contribution in [0.3, 0.4) is 0 Å². The summed E-state index contributed by atoms with van der Waals surface area (Å²) in [5.41, 5.74) is 0.389. The van der Waals surface area contributed by atoms with Crippen LogP contribution in [0.4, 0.5) is 4.39 Å². The summed E-state index contributed by atoms with van der Waals surface area (Å²) in [6, 6.07) is 4.97. The number of hydrogen-bond acceptors (Lipinski definition) is 4. The van der Waals surface area contributed by atoms with E-state index in [0.29, 0.717) is 17.9 Å². The Kier molecular flexibility index (Phi) is 4.66. The van der Waals surface area contributed by atoms with Crippen LogP contribution in [0.5, 0.6) is 5.75 Å². The van der Waals surface area contributed by atoms with Gasteiger partial charge in [0, 0.05) is 38.9 Å². The summed E-state index contributed by atoms with van der Waals surface area (Å²) >= 11 is 0. The molecule has 5 heteroatoms. The number of ether oxygens (including phenoxy) is 3. The van der Waals surface area contributed by atoms with Gasteiger partial charge in [-0.3, -0.25) is 4.90 Å². The van der Waals surface area contributed by atoms with E-state index in [-0.39, 0.29) is 17.5 Å². The lowest BCUT2D eigenvalue weighted by Crippen LogP contribution is -2.56. The lowest BCUT2D eigenvalue weighted by atomic mass is 9.86. The average Bonchev–Trinajstić information content (AvgIpc) is 2.98. The van der Waals surface area contributed by atoms with Crippen LogP contribution in [0.1, 0.15) is 24.8 Å². The molecule has 0 bridgehead atoms. The van der Waals surface area contributed by atoms with E-state index in [4.69, 9.17) is 14.2 Å². The molecular formula is C17H24FNO3. The number of halogens is 1. The average molecular weight is 309 g/mol. The smallest absolute Gasteiger partial charge is 0.131 e. The van der Waals surface area contributed by atoms with E-state index in [1.807, 2.05) is 6.07 Å². The van der Waals surface area contributed by atoms with Crippen molar-refractivity contribution in [1.82, 2.24) is 4.90 Å². The molecule has 2 saturated heterocycles. The molecule has 0 radical (unpaired) electrons. The van der Waals surface area contributed by atoms with Gasteiger partial charge in [0.2, 0.25) is 0 Å². The van der Waals surface area contributed by atoms with E-state index < -0.39 is 0 Å². The molecule has 1 aromatic carbocycles. The zero-order valence-electron chi connectivity index (χ0n) is 13.3. The van der Waals surface area contributed by atoms with Gasteiger partial charge < -0.3 is 14.2 Å². The van der Waals surface area contributed by atoms with E-state index in [1.54, 1.807) is 20.3 Å². The molecule has 0 aliphatic carbocycles. The lowest BCUT2D eigenvalue weighted by Gasteiger charge is -2.44. The number of hydrogen-bond donors (Lipinski definition) is 0. The van der Waals surface area contributed by atoms with Gasteiger partial charge in [-0.25, -0.2) is 4.39 Å². The molecule has 2 aliphatic rings. The summed E-state index contributed by atoms with van der Waals surface area (Å²) in [6.07, 6.45) is 3.12. The van der Waals surface area contributed by atoms with Crippen molar-refractivity contribution in [2.45, 2.75) is 37.5 Å². The third-order valence-corrected chi connectivity index (χ3v) is 4.88. The lowest BCUT2D eigenvalue weighted by molar-refractivity contribution is -0.145. The van der Waals surface area contributed by atoms with Crippen LogP contribution >= 0.6 is 0 Å². The maximum absolute atomic E-state index is 14.1. The van der Waals surface area contributed by atoms with Crippen LogP contribution in [0.15, 0.2) is 18.2 Å². The highest BCUT2D eigenvalue weighted by atomic mass is 19.1. The van der Waals surface area contributed by atoms with Gasteiger partial charge in [-0.2, -0.15) is 0 Å². The quantitative estimate of drug-likeness (QED) is 0.855. The molecule has 1 aromatic rings. The van der Waals surface area contributed by atoms with Crippen molar-refractivity contribution >= 4 is 0 Å². The largest absolute Gasteiger partial charge is 0.496 e. The second kappa shape index (κ2) is 6.52. The summed E-state index contributed by atoms with van der Waals surface area (Å²) in [4.78, 5) is 2.25. The van der Waals surface area contributed by atoms with E-state index in [2.05, 4.69) is 4.90 Å². The third-order valence-electron chi connectivity index (χ3n) is 4.88. The maximum atomic E-state index is 14.1. The van der Waals surface area contributed by atoms with Gasteiger partial charge in [0.05, 0.1) is 13.2 Å². The van der Waals surface area contributed by atoms with Crippen molar-refractivity contribution in [1.29, 1.82) is 0 Å². The molecule has 0 saturated carbocycles. The van der Waals surface area contributed by atoms with Gasteiger partial charge in [-0.1, -0.05) is 6.07 Å². The van der Waals surface area contributed by atoms with Gasteiger partial charge in [0.15, 0.2) is 0 Å². The first kappa shape index (κ1) is 15.7. The van der Waals surface area contributed by atoms with E-state index in [1.165, 1.54) is 6.07 Å². The summed E-state index contributed by atoms with van der Waals surface area (Å²) in [7, 11) is 3.33. The second-order valence-electron chi connectivity index (χ2n) is 6.16. The number of nitrogens with zero attached hydrogens (tertiary/aromatic N) is 1. The minimum atomic E-state index is -0.231. The van der Waals surface area contributed by atoms with Gasteiger partial charge >= 0.3 is 0 Å². The van der Waals surface area contributed by atoms with Gasteiger partial charge in [-0.15, -0.1) is 0 Å². The van der Waals surface area contributed by atoms with Gasteiger partial charge in [0.1, 0.15) is 17.2 Å². The minimum Gasteiger partial charge on any atom is -0.496 e. The molecule has 0 amide bonds. The first-order valence-electron chi connectivity index (χ1n) is 7.89. The molecule has 2 aliphatic heterocycles. The van der Waals surface area contributed by atoms with Crippen molar-refractivity contribution in [3.63, 3.8) is 0 Å². The molecule has 2 atom stereocenters. The zero-order chi connectivity index (χ0) is 15.6. The van der Waals surface area contributed by atoms with E-state index in [9.17, 15) is 4.39 Å². The molecule has 0 unspecified atom stereocenters. The molecule has 0 aromatic heterocycles. The Labute approximate surface area is 131 Å². The van der Waals surface area contributed by atoms with Crippen molar-refractivity contribution in [2.24, 2.45) is 0 Å². The third kappa shape index (κ3) is 2.85. The molecule has 2 fully saturated rings. The zero-order valence-corrected chi connectivity index (χ0v) is 13.3. The standard InChI is InChI=1S/C17H24FNO3/c1-20-15-6-3-5-14(18)13(15)11-19-9-7-16(21-2)17(12-19)8-4-10-22-17/h3,5-6,16H,4,7-12H2,1-2H3/t16-,17-/m0/s1. The van der Waals surface area contributed by atoms with E-state index >= 15 is 0 Å². The van der Waals surface area contributed by atoms with Gasteiger partial charge in [-0.05, 0) is 31.4 Å². The number of likely N-dealkylation sites (tertiary alicyclic amines) is 1. The van der Waals surface area contributed by atoms with Crippen LogP contribution < -0.4 is 4.74 Å². The number of rotatable bonds is 4. The highest BCUT2D eigenvalue weighted by molar-refractivity contribution is 5.34. The maximum Gasteiger partial charge on any atom is 0.131 e. The first-order chi connectivity index (χ1) is 10.7. The Balaban J connectivity index is 1.77. The Bertz CT molecular complexity index is 517.